The fourth-order valence-electron chi connectivity index (χ4n) is 13.0. The number of hydrogen-bond acceptors (Lipinski definition) is 7. The van der Waals surface area contributed by atoms with E-state index in [0.29, 0.717) is 36.2 Å². The molecule has 5 saturated carbocycles. The van der Waals surface area contributed by atoms with E-state index in [0.717, 1.165) is 38.5 Å². The molecule has 6 fully saturated rings. The lowest BCUT2D eigenvalue weighted by Gasteiger charge is -2.73. The zero-order chi connectivity index (χ0) is 31.3. The minimum Gasteiger partial charge on any atom is -0.394 e. The summed E-state index contributed by atoms with van der Waals surface area (Å²) in [6, 6.07) is 0. The van der Waals surface area contributed by atoms with E-state index in [1.54, 1.807) is 0 Å². The first-order valence-electron chi connectivity index (χ1n) is 17.3. The van der Waals surface area contributed by atoms with Crippen molar-refractivity contribution in [2.24, 2.45) is 56.7 Å². The highest BCUT2D eigenvalue weighted by Gasteiger charge is 2.71. The summed E-state index contributed by atoms with van der Waals surface area (Å²) in [7, 11) is 0. The van der Waals surface area contributed by atoms with Gasteiger partial charge in [-0.05, 0) is 128 Å². The van der Waals surface area contributed by atoms with Crippen LogP contribution in [0.3, 0.4) is 0 Å². The summed E-state index contributed by atoms with van der Waals surface area (Å²) >= 11 is 0. The number of aliphatic hydroxyl groups excluding tert-OH is 5. The van der Waals surface area contributed by atoms with E-state index < -0.39 is 37.3 Å². The first-order valence-corrected chi connectivity index (χ1v) is 17.3. The largest absolute Gasteiger partial charge is 0.394 e. The molecule has 0 bridgehead atoms. The Hall–Kier alpha value is -0.540. The third-order valence-electron chi connectivity index (χ3n) is 15.6. The molecular formula is C36H60O7. The summed E-state index contributed by atoms with van der Waals surface area (Å²) < 4.78 is 12.1. The van der Waals surface area contributed by atoms with Crippen LogP contribution in [0.25, 0.3) is 0 Å². The van der Waals surface area contributed by atoms with Crippen LogP contribution < -0.4 is 0 Å². The Labute approximate surface area is 259 Å². The molecule has 7 heteroatoms. The van der Waals surface area contributed by atoms with Crippen molar-refractivity contribution in [2.45, 2.75) is 143 Å². The summed E-state index contributed by atoms with van der Waals surface area (Å²) in [4.78, 5) is 0. The zero-order valence-electron chi connectivity index (χ0n) is 27.6. The van der Waals surface area contributed by atoms with Crippen molar-refractivity contribution < 1.29 is 35.0 Å². The molecule has 1 saturated heterocycles. The van der Waals surface area contributed by atoms with E-state index in [-0.39, 0.29) is 33.2 Å². The minimum absolute atomic E-state index is 0.0496. The highest BCUT2D eigenvalue weighted by atomic mass is 16.7. The Morgan fingerprint density at radius 1 is 0.791 bits per heavy atom. The monoisotopic (exact) mass is 604 g/mol. The molecule has 43 heavy (non-hydrogen) atoms. The van der Waals surface area contributed by atoms with Crippen LogP contribution in [-0.4, -0.2) is 75.6 Å². The Bertz CT molecular complexity index is 1080. The topological polar surface area (TPSA) is 120 Å². The highest BCUT2D eigenvalue weighted by molar-refractivity contribution is 5.21. The number of hydrogen-bond donors (Lipinski definition) is 5. The maximum Gasteiger partial charge on any atom is 0.186 e. The molecule has 0 aromatic carbocycles. The summed E-state index contributed by atoms with van der Waals surface area (Å²) in [6.45, 7) is 19.1. The molecule has 0 radical (unpaired) electrons. The van der Waals surface area contributed by atoms with Crippen LogP contribution in [0.2, 0.25) is 0 Å². The lowest BCUT2D eigenvalue weighted by molar-refractivity contribution is -0.311. The quantitative estimate of drug-likeness (QED) is 0.286. The summed E-state index contributed by atoms with van der Waals surface area (Å²) in [5.74, 6) is 2.61. The SMILES string of the molecule is C=C(C)[C@@H]1CC[C@]2(CO[C@@H]3O[C@H](CO)[C@@H](O)[C@H](O)[C@H]3O)CC[C@]3(C)[C@H](CC[C@@H]4[C@@]5(C)CC[C@H](O)C(C)(C)[C@@H]5CC[C@]43C)[C@@H]12. The van der Waals surface area contributed by atoms with Crippen molar-refractivity contribution in [3.63, 3.8) is 0 Å². The Morgan fingerprint density at radius 2 is 1.51 bits per heavy atom. The molecule has 0 unspecified atom stereocenters. The van der Waals surface area contributed by atoms with Gasteiger partial charge in [0.2, 0.25) is 0 Å². The van der Waals surface area contributed by atoms with Crippen molar-refractivity contribution in [1.29, 1.82) is 0 Å². The molecule has 6 aliphatic rings. The number of allylic oxidation sites excluding steroid dienone is 1. The van der Waals surface area contributed by atoms with Gasteiger partial charge < -0.3 is 35.0 Å². The van der Waals surface area contributed by atoms with Crippen LogP contribution in [-0.2, 0) is 9.47 Å². The van der Waals surface area contributed by atoms with E-state index >= 15 is 0 Å². The van der Waals surface area contributed by atoms with Crippen molar-refractivity contribution in [3.05, 3.63) is 12.2 Å². The molecule has 0 aromatic heterocycles. The van der Waals surface area contributed by atoms with Gasteiger partial charge in [-0.2, -0.15) is 0 Å². The van der Waals surface area contributed by atoms with Crippen LogP contribution in [0.1, 0.15) is 106 Å². The maximum absolute atomic E-state index is 11.0. The smallest absolute Gasteiger partial charge is 0.186 e. The fourth-order valence-corrected chi connectivity index (χ4v) is 13.0. The lowest BCUT2D eigenvalue weighted by atomic mass is 9.32. The van der Waals surface area contributed by atoms with E-state index in [1.807, 2.05) is 0 Å². The van der Waals surface area contributed by atoms with Crippen molar-refractivity contribution in [1.82, 2.24) is 0 Å². The van der Waals surface area contributed by atoms with E-state index in [9.17, 15) is 25.5 Å². The van der Waals surface area contributed by atoms with Gasteiger partial charge in [0.15, 0.2) is 6.29 Å². The van der Waals surface area contributed by atoms with Gasteiger partial charge in [-0.15, -0.1) is 0 Å². The number of rotatable bonds is 5. The predicted molar refractivity (Wildman–Crippen MR) is 165 cm³/mol. The first-order chi connectivity index (χ1) is 20.1. The highest BCUT2D eigenvalue weighted by Crippen LogP contribution is 2.77. The molecule has 7 nitrogen and oxygen atoms in total. The molecule has 0 spiro atoms. The van der Waals surface area contributed by atoms with Gasteiger partial charge in [-0.3, -0.25) is 0 Å². The fraction of sp³-hybridized carbons (Fsp3) is 0.944. The number of fused-ring (bicyclic) bond motifs is 7. The molecule has 5 N–H and O–H groups in total. The normalized spacial score (nSPS) is 55.9. The second kappa shape index (κ2) is 10.7. The summed E-state index contributed by atoms with van der Waals surface area (Å²) in [5.41, 5.74) is 1.81. The Morgan fingerprint density at radius 3 is 2.19 bits per heavy atom. The molecule has 0 amide bonds. The second-order valence-electron chi connectivity index (χ2n) is 17.4. The van der Waals surface area contributed by atoms with E-state index in [2.05, 4.69) is 48.1 Å². The van der Waals surface area contributed by atoms with Crippen molar-refractivity contribution in [2.75, 3.05) is 13.2 Å². The van der Waals surface area contributed by atoms with Crippen LogP contribution in [0.15, 0.2) is 12.2 Å². The molecule has 246 valence electrons. The molecule has 0 aromatic rings. The average Bonchev–Trinajstić information content (AvgIpc) is 3.34. The number of aliphatic hydroxyl groups is 5. The van der Waals surface area contributed by atoms with Crippen LogP contribution in [0.4, 0.5) is 0 Å². The van der Waals surface area contributed by atoms with Crippen LogP contribution >= 0.6 is 0 Å². The summed E-state index contributed by atoms with van der Waals surface area (Å²) in [5, 5.41) is 52.1. The third kappa shape index (κ3) is 4.45. The lowest BCUT2D eigenvalue weighted by Crippen LogP contribution is -2.67. The van der Waals surface area contributed by atoms with Gasteiger partial charge in [0.1, 0.15) is 24.4 Å². The summed E-state index contributed by atoms with van der Waals surface area (Å²) in [6.07, 6.45) is 4.78. The molecular weight excluding hydrogens is 544 g/mol. The minimum atomic E-state index is -1.43. The molecule has 5 aliphatic carbocycles. The Balaban J connectivity index is 1.29. The zero-order valence-corrected chi connectivity index (χ0v) is 27.6. The van der Waals surface area contributed by atoms with E-state index in [1.165, 1.54) is 31.3 Å². The predicted octanol–water partition coefficient (Wildman–Crippen LogP) is 4.82. The van der Waals surface area contributed by atoms with Crippen LogP contribution in [0, 0.1) is 56.7 Å². The van der Waals surface area contributed by atoms with Crippen molar-refractivity contribution >= 4 is 0 Å². The first kappa shape index (κ1) is 32.4. The van der Waals surface area contributed by atoms with Crippen molar-refractivity contribution in [3.8, 4) is 0 Å². The molecule has 1 aliphatic heterocycles. The van der Waals surface area contributed by atoms with Crippen LogP contribution in [0.5, 0.6) is 0 Å². The standard InChI is InChI=1S/C36H60O7/c1-20(2)21-10-15-36(19-42-31-30(41)29(40)28(39)23(18-37)43-31)17-16-34(6)22(27(21)36)8-9-25-33(5)13-12-26(38)32(3,4)24(33)11-14-35(25,34)7/h21-31,37-41H,1,8-19H2,2-7H3/t21-,22+,23+,24-,25+,26-,27+,28+,29-,30+,31+,33-,34+,35+,36+/m0/s1. The molecule has 6 rings (SSSR count). The Kier molecular flexibility index (Phi) is 8.10. The third-order valence-corrected chi connectivity index (χ3v) is 15.6. The van der Waals surface area contributed by atoms with Gasteiger partial charge >= 0.3 is 0 Å². The van der Waals surface area contributed by atoms with Gasteiger partial charge in [0, 0.05) is 0 Å². The molecule has 1 heterocycles. The number of ether oxygens (including phenoxy) is 2. The van der Waals surface area contributed by atoms with Gasteiger partial charge in [0.05, 0.1) is 19.3 Å². The van der Waals surface area contributed by atoms with Gasteiger partial charge in [-0.25, -0.2) is 0 Å². The molecule has 15 atom stereocenters. The second-order valence-corrected chi connectivity index (χ2v) is 17.4. The van der Waals surface area contributed by atoms with Gasteiger partial charge in [0.25, 0.3) is 0 Å². The average molecular weight is 605 g/mol. The van der Waals surface area contributed by atoms with E-state index in [4.69, 9.17) is 9.47 Å². The maximum atomic E-state index is 11.0. The van der Waals surface area contributed by atoms with Gasteiger partial charge in [-0.1, -0.05) is 46.8 Å².